The van der Waals surface area contributed by atoms with Crippen LogP contribution >= 0.6 is 0 Å². The Morgan fingerprint density at radius 1 is 1.38 bits per heavy atom. The summed E-state index contributed by atoms with van der Waals surface area (Å²) in [5.74, 6) is 0.805. The molecule has 2 heterocycles. The van der Waals surface area contributed by atoms with Gasteiger partial charge in [0.15, 0.2) is 0 Å². The quantitative estimate of drug-likeness (QED) is 0.823. The summed E-state index contributed by atoms with van der Waals surface area (Å²) in [7, 11) is 1.98. The van der Waals surface area contributed by atoms with Crippen LogP contribution in [0.1, 0.15) is 17.2 Å². The maximum atomic E-state index is 4.32. The van der Waals surface area contributed by atoms with Crippen molar-refractivity contribution in [1.82, 2.24) is 24.8 Å². The van der Waals surface area contributed by atoms with E-state index in [0.29, 0.717) is 0 Å². The first-order valence-corrected chi connectivity index (χ1v) is 5.20. The van der Waals surface area contributed by atoms with Crippen molar-refractivity contribution >= 4 is 0 Å². The van der Waals surface area contributed by atoms with E-state index in [2.05, 4.69) is 20.3 Å². The van der Waals surface area contributed by atoms with Gasteiger partial charge in [-0.1, -0.05) is 0 Å². The van der Waals surface area contributed by atoms with Gasteiger partial charge in [0.1, 0.15) is 5.82 Å². The third-order valence-corrected chi connectivity index (χ3v) is 2.36. The summed E-state index contributed by atoms with van der Waals surface area (Å²) in [5.41, 5.74) is 2.17. The average Bonchev–Trinajstić information content (AvgIpc) is 2.65. The second kappa shape index (κ2) is 4.85. The van der Waals surface area contributed by atoms with Crippen molar-refractivity contribution in [3.05, 3.63) is 42.0 Å². The zero-order chi connectivity index (χ0) is 11.4. The Kier molecular flexibility index (Phi) is 3.26. The molecule has 0 saturated carbocycles. The van der Waals surface area contributed by atoms with Crippen LogP contribution in [0.5, 0.6) is 0 Å². The van der Waals surface area contributed by atoms with Gasteiger partial charge in [0, 0.05) is 32.5 Å². The standard InChI is InChI=1S/C11H15N5/c1-9-14-4-3-10(15-9)5-12-6-11-7-13-8-16(11)2/h3-4,7-8,12H,5-6H2,1-2H3. The van der Waals surface area contributed by atoms with Crippen LogP contribution in [-0.2, 0) is 20.1 Å². The molecule has 2 aromatic heterocycles. The molecule has 2 rings (SSSR count). The predicted molar refractivity (Wildman–Crippen MR) is 60.5 cm³/mol. The first-order valence-electron chi connectivity index (χ1n) is 5.20. The molecule has 0 aromatic carbocycles. The zero-order valence-corrected chi connectivity index (χ0v) is 9.51. The van der Waals surface area contributed by atoms with E-state index < -0.39 is 0 Å². The summed E-state index contributed by atoms with van der Waals surface area (Å²) in [5, 5.41) is 3.32. The third-order valence-electron chi connectivity index (χ3n) is 2.36. The summed E-state index contributed by atoms with van der Waals surface area (Å²) >= 11 is 0. The number of hydrogen-bond acceptors (Lipinski definition) is 4. The molecule has 0 aliphatic carbocycles. The Morgan fingerprint density at radius 2 is 2.25 bits per heavy atom. The molecule has 0 atom stereocenters. The molecule has 0 amide bonds. The summed E-state index contributed by atoms with van der Waals surface area (Å²) in [6.07, 6.45) is 5.44. The van der Waals surface area contributed by atoms with Crippen molar-refractivity contribution < 1.29 is 0 Å². The number of nitrogens with zero attached hydrogens (tertiary/aromatic N) is 4. The van der Waals surface area contributed by atoms with Gasteiger partial charge in [-0.2, -0.15) is 0 Å². The topological polar surface area (TPSA) is 55.6 Å². The summed E-state index contributed by atoms with van der Waals surface area (Å²) in [6.45, 7) is 3.43. The van der Waals surface area contributed by atoms with Gasteiger partial charge < -0.3 is 9.88 Å². The molecule has 0 fully saturated rings. The Balaban J connectivity index is 1.87. The van der Waals surface area contributed by atoms with E-state index in [9.17, 15) is 0 Å². The van der Waals surface area contributed by atoms with Crippen molar-refractivity contribution in [3.63, 3.8) is 0 Å². The number of imidazole rings is 1. The van der Waals surface area contributed by atoms with Crippen molar-refractivity contribution in [2.75, 3.05) is 0 Å². The Bertz CT molecular complexity index is 463. The molecule has 0 aliphatic rings. The summed E-state index contributed by atoms with van der Waals surface area (Å²) < 4.78 is 2.00. The van der Waals surface area contributed by atoms with Crippen LogP contribution in [0.15, 0.2) is 24.8 Å². The molecule has 5 nitrogen and oxygen atoms in total. The number of nitrogens with one attached hydrogen (secondary N) is 1. The number of aromatic nitrogens is 4. The van der Waals surface area contributed by atoms with Crippen molar-refractivity contribution in [1.29, 1.82) is 0 Å². The van der Waals surface area contributed by atoms with Crippen molar-refractivity contribution in [2.24, 2.45) is 7.05 Å². The summed E-state index contributed by atoms with van der Waals surface area (Å²) in [6, 6.07) is 1.92. The van der Waals surface area contributed by atoms with Crippen LogP contribution < -0.4 is 5.32 Å². The molecular weight excluding hydrogens is 202 g/mol. The molecule has 0 radical (unpaired) electrons. The fourth-order valence-electron chi connectivity index (χ4n) is 1.48. The van der Waals surface area contributed by atoms with Crippen LogP contribution in [0.2, 0.25) is 0 Å². The van der Waals surface area contributed by atoms with Crippen LogP contribution in [0, 0.1) is 6.92 Å². The highest BCUT2D eigenvalue weighted by atomic mass is 15.0. The van der Waals surface area contributed by atoms with Gasteiger partial charge in [-0.3, -0.25) is 0 Å². The monoisotopic (exact) mass is 217 g/mol. The molecule has 0 spiro atoms. The van der Waals surface area contributed by atoms with Crippen molar-refractivity contribution in [3.8, 4) is 0 Å². The highest BCUT2D eigenvalue weighted by molar-refractivity contribution is 5.02. The van der Waals surface area contributed by atoms with E-state index in [4.69, 9.17) is 0 Å². The second-order valence-corrected chi connectivity index (χ2v) is 3.69. The van der Waals surface area contributed by atoms with E-state index in [0.717, 1.165) is 30.3 Å². The predicted octanol–water partition coefficient (Wildman–Crippen LogP) is 0.808. The maximum absolute atomic E-state index is 4.32. The van der Waals surface area contributed by atoms with Crippen LogP contribution in [0.25, 0.3) is 0 Å². The van der Waals surface area contributed by atoms with E-state index in [-0.39, 0.29) is 0 Å². The van der Waals surface area contributed by atoms with E-state index in [1.54, 1.807) is 12.5 Å². The maximum Gasteiger partial charge on any atom is 0.125 e. The SMILES string of the molecule is Cc1nccc(CNCc2cncn2C)n1. The van der Waals surface area contributed by atoms with Gasteiger partial charge in [0.2, 0.25) is 0 Å². The fourth-order valence-corrected chi connectivity index (χ4v) is 1.48. The fraction of sp³-hybridized carbons (Fsp3) is 0.364. The van der Waals surface area contributed by atoms with Crippen molar-refractivity contribution in [2.45, 2.75) is 20.0 Å². The lowest BCUT2D eigenvalue weighted by atomic mass is 10.3. The highest BCUT2D eigenvalue weighted by Crippen LogP contribution is 1.97. The van der Waals surface area contributed by atoms with Gasteiger partial charge in [0.05, 0.1) is 17.7 Å². The number of hydrogen-bond donors (Lipinski definition) is 1. The van der Waals surface area contributed by atoms with Gasteiger partial charge in [0.25, 0.3) is 0 Å². The molecule has 0 aliphatic heterocycles. The molecule has 5 heteroatoms. The molecule has 0 saturated heterocycles. The molecule has 1 N–H and O–H groups in total. The molecule has 2 aromatic rings. The first-order chi connectivity index (χ1) is 7.75. The molecule has 16 heavy (non-hydrogen) atoms. The van der Waals surface area contributed by atoms with Gasteiger partial charge in [-0.25, -0.2) is 15.0 Å². The zero-order valence-electron chi connectivity index (χ0n) is 9.51. The Hall–Kier alpha value is -1.75. The first kappa shape index (κ1) is 10.8. The molecule has 84 valence electrons. The average molecular weight is 217 g/mol. The molecule has 0 bridgehead atoms. The minimum atomic E-state index is 0.745. The highest BCUT2D eigenvalue weighted by Gasteiger charge is 1.99. The van der Waals surface area contributed by atoms with E-state index in [1.807, 2.05) is 30.8 Å². The summed E-state index contributed by atoms with van der Waals surface area (Å²) in [4.78, 5) is 12.4. The lowest BCUT2D eigenvalue weighted by Gasteiger charge is -2.05. The van der Waals surface area contributed by atoms with Gasteiger partial charge in [-0.05, 0) is 13.0 Å². The van der Waals surface area contributed by atoms with E-state index >= 15 is 0 Å². The second-order valence-electron chi connectivity index (χ2n) is 3.69. The Labute approximate surface area is 94.6 Å². The van der Waals surface area contributed by atoms with E-state index in [1.165, 1.54) is 0 Å². The van der Waals surface area contributed by atoms with Gasteiger partial charge in [-0.15, -0.1) is 0 Å². The minimum Gasteiger partial charge on any atom is -0.337 e. The van der Waals surface area contributed by atoms with Crippen LogP contribution in [0.4, 0.5) is 0 Å². The van der Waals surface area contributed by atoms with Crippen LogP contribution in [-0.4, -0.2) is 19.5 Å². The molecular formula is C11H15N5. The van der Waals surface area contributed by atoms with Crippen LogP contribution in [0.3, 0.4) is 0 Å². The van der Waals surface area contributed by atoms with Gasteiger partial charge >= 0.3 is 0 Å². The molecule has 0 unspecified atom stereocenters. The smallest absolute Gasteiger partial charge is 0.125 e. The number of aryl methyl sites for hydroxylation is 2. The lowest BCUT2D eigenvalue weighted by molar-refractivity contribution is 0.643. The largest absolute Gasteiger partial charge is 0.337 e. The minimum absolute atomic E-state index is 0.745. The third kappa shape index (κ3) is 2.64. The normalized spacial score (nSPS) is 10.6. The Morgan fingerprint density at radius 3 is 2.94 bits per heavy atom. The lowest BCUT2D eigenvalue weighted by Crippen LogP contribution is -2.15. The number of rotatable bonds is 4.